The predicted octanol–water partition coefficient (Wildman–Crippen LogP) is 6.29. The molecule has 0 bridgehead atoms. The van der Waals surface area contributed by atoms with Gasteiger partial charge in [-0.3, -0.25) is 10.1 Å². The first kappa shape index (κ1) is 19.5. The first-order chi connectivity index (χ1) is 14.3. The predicted molar refractivity (Wildman–Crippen MR) is 117 cm³/mol. The Labute approximate surface area is 174 Å². The number of hydrogen-bond donors (Lipinski definition) is 0. The number of rotatable bonds is 4. The first-order valence-corrected chi connectivity index (χ1v) is 9.61. The molecule has 0 N–H and O–H groups in total. The topological polar surface area (TPSA) is 78.2 Å². The minimum absolute atomic E-state index is 0.00973. The molecule has 0 unspecified atom stereocenters. The van der Waals surface area contributed by atoms with Crippen molar-refractivity contribution in [3.8, 4) is 23.0 Å². The molecule has 0 aliphatic heterocycles. The second-order valence-electron chi connectivity index (χ2n) is 8.05. The second kappa shape index (κ2) is 7.55. The van der Waals surface area contributed by atoms with E-state index >= 15 is 0 Å². The van der Waals surface area contributed by atoms with Gasteiger partial charge in [-0.15, -0.1) is 0 Å². The average Bonchev–Trinajstić information content (AvgIpc) is 2.73. The Kier molecular flexibility index (Phi) is 4.91. The monoisotopic (exact) mass is 399 g/mol. The van der Waals surface area contributed by atoms with Gasteiger partial charge in [0, 0.05) is 17.7 Å². The molecule has 0 atom stereocenters. The van der Waals surface area contributed by atoms with Gasteiger partial charge >= 0.3 is 0 Å². The third kappa shape index (κ3) is 3.98. The van der Waals surface area contributed by atoms with E-state index in [0.717, 1.165) is 5.39 Å². The van der Waals surface area contributed by atoms with Crippen molar-refractivity contribution in [2.75, 3.05) is 0 Å². The van der Waals surface area contributed by atoms with Crippen LogP contribution in [-0.4, -0.2) is 14.9 Å². The number of aromatic nitrogens is 2. The molecule has 0 saturated carbocycles. The quantitative estimate of drug-likeness (QED) is 0.297. The van der Waals surface area contributed by atoms with Crippen LogP contribution in [0.15, 0.2) is 72.8 Å². The average molecular weight is 399 g/mol. The molecule has 4 rings (SSSR count). The minimum atomic E-state index is -0.432. The van der Waals surface area contributed by atoms with Crippen LogP contribution in [0.5, 0.6) is 11.6 Å². The standard InChI is InChI=1S/C24H21N3O3/c1-24(2,3)17-11-13-19(14-12-17)30-23-20-9-4-5-10-21(20)25-22(26-23)16-7-6-8-18(15-16)27(28)29/h4-15H,1-3H3. The van der Waals surface area contributed by atoms with Gasteiger partial charge < -0.3 is 4.74 Å². The maximum Gasteiger partial charge on any atom is 0.270 e. The molecule has 0 fully saturated rings. The highest BCUT2D eigenvalue weighted by Crippen LogP contribution is 2.32. The van der Waals surface area contributed by atoms with Crippen LogP contribution in [0.3, 0.4) is 0 Å². The lowest BCUT2D eigenvalue weighted by atomic mass is 9.87. The number of ether oxygens (including phenoxy) is 1. The fourth-order valence-corrected chi connectivity index (χ4v) is 3.15. The Bertz CT molecular complexity index is 1230. The summed E-state index contributed by atoms with van der Waals surface area (Å²) in [6.45, 7) is 6.48. The molecule has 150 valence electrons. The number of nitro benzene ring substituents is 1. The number of nitrogens with zero attached hydrogens (tertiary/aromatic N) is 3. The molecule has 0 amide bonds. The molecule has 0 aliphatic carbocycles. The molecule has 6 nitrogen and oxygen atoms in total. The third-order valence-electron chi connectivity index (χ3n) is 4.82. The maximum absolute atomic E-state index is 11.1. The lowest BCUT2D eigenvalue weighted by Crippen LogP contribution is -2.10. The van der Waals surface area contributed by atoms with Gasteiger partial charge in [0.05, 0.1) is 15.8 Å². The van der Waals surface area contributed by atoms with Crippen LogP contribution in [-0.2, 0) is 5.41 Å². The number of non-ortho nitro benzene ring substituents is 1. The number of para-hydroxylation sites is 1. The Morgan fingerprint density at radius 1 is 0.900 bits per heavy atom. The minimum Gasteiger partial charge on any atom is -0.438 e. The van der Waals surface area contributed by atoms with E-state index in [1.54, 1.807) is 12.1 Å². The highest BCUT2D eigenvalue weighted by atomic mass is 16.6. The summed E-state index contributed by atoms with van der Waals surface area (Å²) < 4.78 is 6.11. The molecule has 0 radical (unpaired) electrons. The van der Waals surface area contributed by atoms with E-state index in [1.165, 1.54) is 17.7 Å². The van der Waals surface area contributed by atoms with Crippen molar-refractivity contribution >= 4 is 16.6 Å². The van der Waals surface area contributed by atoms with Crippen molar-refractivity contribution in [3.63, 3.8) is 0 Å². The fourth-order valence-electron chi connectivity index (χ4n) is 3.15. The summed E-state index contributed by atoms with van der Waals surface area (Å²) in [5.41, 5.74) is 2.51. The van der Waals surface area contributed by atoms with Crippen LogP contribution in [0.2, 0.25) is 0 Å². The van der Waals surface area contributed by atoms with E-state index in [4.69, 9.17) is 4.74 Å². The molecule has 3 aromatic carbocycles. The number of nitro groups is 1. The van der Waals surface area contributed by atoms with E-state index in [0.29, 0.717) is 28.5 Å². The van der Waals surface area contributed by atoms with E-state index in [9.17, 15) is 10.1 Å². The Morgan fingerprint density at radius 2 is 1.63 bits per heavy atom. The van der Waals surface area contributed by atoms with Crippen LogP contribution in [0.25, 0.3) is 22.3 Å². The van der Waals surface area contributed by atoms with Crippen LogP contribution >= 0.6 is 0 Å². The van der Waals surface area contributed by atoms with E-state index < -0.39 is 4.92 Å². The normalized spacial score (nSPS) is 11.4. The zero-order chi connectivity index (χ0) is 21.3. The van der Waals surface area contributed by atoms with Gasteiger partial charge in [0.1, 0.15) is 5.75 Å². The first-order valence-electron chi connectivity index (χ1n) is 9.61. The Balaban J connectivity index is 1.78. The van der Waals surface area contributed by atoms with Crippen molar-refractivity contribution < 1.29 is 9.66 Å². The molecule has 6 heteroatoms. The smallest absolute Gasteiger partial charge is 0.270 e. The van der Waals surface area contributed by atoms with Gasteiger partial charge in [-0.2, -0.15) is 4.98 Å². The molecule has 0 spiro atoms. The summed E-state index contributed by atoms with van der Waals surface area (Å²) in [5, 5.41) is 11.9. The van der Waals surface area contributed by atoms with Crippen molar-refractivity contribution in [2.24, 2.45) is 0 Å². The van der Waals surface area contributed by atoms with Gasteiger partial charge in [-0.1, -0.05) is 57.2 Å². The van der Waals surface area contributed by atoms with Gasteiger partial charge in [-0.05, 0) is 35.2 Å². The molecule has 1 aromatic heterocycles. The lowest BCUT2D eigenvalue weighted by Gasteiger charge is -2.19. The zero-order valence-corrected chi connectivity index (χ0v) is 17.0. The zero-order valence-electron chi connectivity index (χ0n) is 17.0. The Morgan fingerprint density at radius 3 is 2.33 bits per heavy atom. The lowest BCUT2D eigenvalue weighted by molar-refractivity contribution is -0.384. The van der Waals surface area contributed by atoms with Gasteiger partial charge in [-0.25, -0.2) is 4.98 Å². The molecule has 0 aliphatic rings. The molecule has 4 aromatic rings. The van der Waals surface area contributed by atoms with E-state index in [2.05, 4.69) is 30.7 Å². The number of benzene rings is 3. The maximum atomic E-state index is 11.1. The molecular formula is C24H21N3O3. The SMILES string of the molecule is CC(C)(C)c1ccc(Oc2nc(-c3cccc([N+](=O)[O-])c3)nc3ccccc23)cc1. The number of fused-ring (bicyclic) bond motifs is 1. The summed E-state index contributed by atoms with van der Waals surface area (Å²) in [5.74, 6) is 1.45. The number of hydrogen-bond acceptors (Lipinski definition) is 5. The summed E-state index contributed by atoms with van der Waals surface area (Å²) in [6.07, 6.45) is 0. The largest absolute Gasteiger partial charge is 0.438 e. The fraction of sp³-hybridized carbons (Fsp3) is 0.167. The third-order valence-corrected chi connectivity index (χ3v) is 4.82. The van der Waals surface area contributed by atoms with Crippen LogP contribution in [0.1, 0.15) is 26.3 Å². The van der Waals surface area contributed by atoms with E-state index in [-0.39, 0.29) is 11.1 Å². The van der Waals surface area contributed by atoms with Gasteiger partial charge in [0.15, 0.2) is 5.82 Å². The summed E-state index contributed by atoms with van der Waals surface area (Å²) in [4.78, 5) is 19.9. The van der Waals surface area contributed by atoms with Crippen LogP contribution in [0, 0.1) is 10.1 Å². The van der Waals surface area contributed by atoms with Gasteiger partial charge in [0.2, 0.25) is 5.88 Å². The summed E-state index contributed by atoms with van der Waals surface area (Å²) in [7, 11) is 0. The molecule has 30 heavy (non-hydrogen) atoms. The second-order valence-corrected chi connectivity index (χ2v) is 8.05. The van der Waals surface area contributed by atoms with Crippen molar-refractivity contribution in [1.29, 1.82) is 0 Å². The Hall–Kier alpha value is -3.80. The summed E-state index contributed by atoms with van der Waals surface area (Å²) in [6, 6.07) is 21.7. The highest BCUT2D eigenvalue weighted by molar-refractivity contribution is 5.85. The molecule has 0 saturated heterocycles. The van der Waals surface area contributed by atoms with E-state index in [1.807, 2.05) is 48.5 Å². The molecular weight excluding hydrogens is 378 g/mol. The van der Waals surface area contributed by atoms with Crippen molar-refractivity contribution in [3.05, 3.63) is 88.5 Å². The van der Waals surface area contributed by atoms with Crippen molar-refractivity contribution in [2.45, 2.75) is 26.2 Å². The van der Waals surface area contributed by atoms with Crippen LogP contribution < -0.4 is 4.74 Å². The van der Waals surface area contributed by atoms with Crippen molar-refractivity contribution in [1.82, 2.24) is 9.97 Å². The summed E-state index contributed by atoms with van der Waals surface area (Å²) >= 11 is 0. The van der Waals surface area contributed by atoms with Crippen LogP contribution in [0.4, 0.5) is 5.69 Å². The molecule has 1 heterocycles. The highest BCUT2D eigenvalue weighted by Gasteiger charge is 2.16. The van der Waals surface area contributed by atoms with Gasteiger partial charge in [0.25, 0.3) is 5.69 Å².